The molecule has 6 heteroatoms. The Bertz CT molecular complexity index is 2550. The Morgan fingerprint density at radius 1 is 0.278 bits per heavy atom. The summed E-state index contributed by atoms with van der Waals surface area (Å²) >= 11 is 0. The Morgan fingerprint density at radius 3 is 0.981 bits per heavy atom. The van der Waals surface area contributed by atoms with E-state index in [1.54, 1.807) is 0 Å². The van der Waals surface area contributed by atoms with Gasteiger partial charge in [0, 0.05) is 33.9 Å². The fourth-order valence-electron chi connectivity index (χ4n) is 7.28. The number of para-hydroxylation sites is 2. The van der Waals surface area contributed by atoms with Gasteiger partial charge in [0.1, 0.15) is 0 Å². The molecule has 1 aliphatic rings. The predicted molar refractivity (Wildman–Crippen MR) is 220 cm³/mol. The molecule has 0 amide bonds. The maximum absolute atomic E-state index is 5.30. The molecule has 2 aromatic heterocycles. The highest BCUT2D eigenvalue weighted by atomic mass is 15.3. The summed E-state index contributed by atoms with van der Waals surface area (Å²) in [6, 6.07) is 66.8. The number of anilines is 6. The average Bonchev–Trinajstić information content (AvgIpc) is 3.57. The minimum Gasteiger partial charge on any atom is -0.279 e. The van der Waals surface area contributed by atoms with Gasteiger partial charge in [-0.05, 0) is 70.8 Å². The lowest BCUT2D eigenvalue weighted by atomic mass is 10.1. The van der Waals surface area contributed by atoms with Gasteiger partial charge in [-0.25, -0.2) is 9.97 Å². The molecule has 0 aliphatic heterocycles. The van der Waals surface area contributed by atoms with Gasteiger partial charge in [-0.1, -0.05) is 146 Å². The molecule has 0 atom stereocenters. The molecule has 0 fully saturated rings. The zero-order chi connectivity index (χ0) is 35.8. The Labute approximate surface area is 313 Å². The second-order valence-electron chi connectivity index (χ2n) is 13.2. The van der Waals surface area contributed by atoms with Gasteiger partial charge in [-0.15, -0.1) is 0 Å². The van der Waals surface area contributed by atoms with Gasteiger partial charge in [-0.2, -0.15) is 9.97 Å². The van der Waals surface area contributed by atoms with E-state index >= 15 is 0 Å². The van der Waals surface area contributed by atoms with Crippen LogP contribution in [0.5, 0.6) is 0 Å². The summed E-state index contributed by atoms with van der Waals surface area (Å²) in [7, 11) is 0. The lowest BCUT2D eigenvalue weighted by Crippen LogP contribution is -2.16. The standard InChI is InChI=1S/C48H32N6/c1-5-15-33(16-6-1)35-25-29-39(30-26-35)53(37-19-9-3-10-20-37)47-49-44-41-23-13-14-24-42(41)45-43(44)46(51-47)52-48(50-45)54(38-21-11-4-12-22-38)40-31-27-36(28-32-40)34-17-7-2-8-18-34/h1-32H. The molecule has 0 saturated carbocycles. The first-order valence-electron chi connectivity index (χ1n) is 18.0. The third kappa shape index (κ3) is 5.54. The summed E-state index contributed by atoms with van der Waals surface area (Å²) in [5.41, 5.74) is 12.6. The van der Waals surface area contributed by atoms with Crippen LogP contribution in [0.4, 0.5) is 34.6 Å². The fourth-order valence-corrected chi connectivity index (χ4v) is 7.28. The van der Waals surface area contributed by atoms with E-state index in [0.29, 0.717) is 17.5 Å². The number of nitrogens with zero attached hydrogens (tertiary/aromatic N) is 6. The van der Waals surface area contributed by atoms with Crippen molar-refractivity contribution in [2.24, 2.45) is 0 Å². The van der Waals surface area contributed by atoms with Gasteiger partial charge < -0.3 is 0 Å². The smallest absolute Gasteiger partial charge is 0.237 e. The average molecular weight is 693 g/mol. The molecular formula is C48H32N6. The molecule has 2 heterocycles. The van der Waals surface area contributed by atoms with Crippen LogP contribution >= 0.6 is 0 Å². The minimum atomic E-state index is 0.530. The van der Waals surface area contributed by atoms with Crippen molar-refractivity contribution in [3.05, 3.63) is 194 Å². The SMILES string of the molecule is c1ccc(-c2ccc(N(c3ccccc3)c3nc4c5c(nc(N(c6ccccc6)c6ccc(-c7ccccc7)cc6)nc5n3)-c3ccccc3-4)cc2)cc1. The number of fused-ring (bicyclic) bond motifs is 3. The van der Waals surface area contributed by atoms with Crippen molar-refractivity contribution in [1.82, 2.24) is 19.9 Å². The summed E-state index contributed by atoms with van der Waals surface area (Å²) in [5.74, 6) is 1.06. The quantitative estimate of drug-likeness (QED) is 0.158. The Kier molecular flexibility index (Phi) is 7.69. The molecule has 0 bridgehead atoms. The molecule has 0 radical (unpaired) electrons. The molecule has 6 nitrogen and oxygen atoms in total. The highest BCUT2D eigenvalue weighted by Crippen LogP contribution is 2.47. The third-order valence-electron chi connectivity index (χ3n) is 9.86. The van der Waals surface area contributed by atoms with Crippen LogP contribution in [0.3, 0.4) is 0 Å². The highest BCUT2D eigenvalue weighted by molar-refractivity contribution is 6.11. The minimum absolute atomic E-state index is 0.530. The van der Waals surface area contributed by atoms with Gasteiger partial charge in [-0.3, -0.25) is 9.80 Å². The largest absolute Gasteiger partial charge is 0.279 e. The summed E-state index contributed by atoms with van der Waals surface area (Å²) in [6.45, 7) is 0. The van der Waals surface area contributed by atoms with Crippen LogP contribution in [-0.2, 0) is 0 Å². The highest BCUT2D eigenvalue weighted by Gasteiger charge is 2.30. The van der Waals surface area contributed by atoms with Crippen LogP contribution in [0.25, 0.3) is 55.8 Å². The van der Waals surface area contributed by atoms with Crippen LogP contribution in [0.2, 0.25) is 0 Å². The molecule has 254 valence electrons. The topological polar surface area (TPSA) is 58.0 Å². The van der Waals surface area contributed by atoms with Gasteiger partial charge in [0.15, 0.2) is 5.65 Å². The van der Waals surface area contributed by atoms with Crippen LogP contribution in [0.15, 0.2) is 194 Å². The van der Waals surface area contributed by atoms with Crippen molar-refractivity contribution < 1.29 is 0 Å². The molecular weight excluding hydrogens is 661 g/mol. The van der Waals surface area contributed by atoms with Crippen LogP contribution < -0.4 is 9.80 Å². The van der Waals surface area contributed by atoms with E-state index in [4.69, 9.17) is 19.9 Å². The normalized spacial score (nSPS) is 11.3. The van der Waals surface area contributed by atoms with Crippen LogP contribution in [0.1, 0.15) is 0 Å². The van der Waals surface area contributed by atoms with Crippen molar-refractivity contribution in [1.29, 1.82) is 0 Å². The zero-order valence-corrected chi connectivity index (χ0v) is 29.2. The zero-order valence-electron chi connectivity index (χ0n) is 29.2. The number of hydrogen-bond donors (Lipinski definition) is 0. The first-order chi connectivity index (χ1) is 26.8. The third-order valence-corrected chi connectivity index (χ3v) is 9.86. The lowest BCUT2D eigenvalue weighted by Gasteiger charge is -2.25. The van der Waals surface area contributed by atoms with Crippen molar-refractivity contribution in [3.8, 4) is 44.8 Å². The Hall–Kier alpha value is -7.44. The van der Waals surface area contributed by atoms with Crippen molar-refractivity contribution in [2.75, 3.05) is 9.80 Å². The van der Waals surface area contributed by atoms with Gasteiger partial charge in [0.25, 0.3) is 0 Å². The van der Waals surface area contributed by atoms with E-state index in [-0.39, 0.29) is 0 Å². The van der Waals surface area contributed by atoms with E-state index < -0.39 is 0 Å². The second kappa shape index (κ2) is 13.3. The van der Waals surface area contributed by atoms with Gasteiger partial charge >= 0.3 is 0 Å². The number of rotatable bonds is 8. The maximum Gasteiger partial charge on any atom is 0.237 e. The van der Waals surface area contributed by atoms with Crippen LogP contribution in [0, 0.1) is 0 Å². The lowest BCUT2D eigenvalue weighted by molar-refractivity contribution is 1.07. The van der Waals surface area contributed by atoms with E-state index in [2.05, 4.69) is 155 Å². The molecule has 0 spiro atoms. The monoisotopic (exact) mass is 692 g/mol. The summed E-state index contributed by atoms with van der Waals surface area (Å²) in [6.07, 6.45) is 0. The molecule has 9 aromatic rings. The number of benzene rings is 7. The fraction of sp³-hybridized carbons (Fsp3) is 0. The second-order valence-corrected chi connectivity index (χ2v) is 13.2. The van der Waals surface area contributed by atoms with Crippen molar-refractivity contribution in [3.63, 3.8) is 0 Å². The first kappa shape index (κ1) is 31.3. The number of hydrogen-bond acceptors (Lipinski definition) is 6. The summed E-state index contributed by atoms with van der Waals surface area (Å²) in [4.78, 5) is 25.3. The van der Waals surface area contributed by atoms with Crippen LogP contribution in [-0.4, -0.2) is 19.9 Å². The molecule has 0 saturated heterocycles. The summed E-state index contributed by atoms with van der Waals surface area (Å²) in [5, 5.41) is 0.851. The molecule has 10 rings (SSSR count). The Balaban J connectivity index is 1.16. The van der Waals surface area contributed by atoms with E-state index in [1.807, 2.05) is 48.5 Å². The van der Waals surface area contributed by atoms with E-state index in [1.165, 1.54) is 0 Å². The van der Waals surface area contributed by atoms with Gasteiger partial charge in [0.05, 0.1) is 16.8 Å². The molecule has 0 N–H and O–H groups in total. The van der Waals surface area contributed by atoms with Crippen molar-refractivity contribution in [2.45, 2.75) is 0 Å². The molecule has 54 heavy (non-hydrogen) atoms. The maximum atomic E-state index is 5.30. The summed E-state index contributed by atoms with van der Waals surface area (Å²) < 4.78 is 0. The molecule has 1 aliphatic carbocycles. The Morgan fingerprint density at radius 2 is 0.593 bits per heavy atom. The van der Waals surface area contributed by atoms with E-state index in [9.17, 15) is 0 Å². The van der Waals surface area contributed by atoms with Crippen molar-refractivity contribution >= 4 is 45.7 Å². The molecule has 0 unspecified atom stereocenters. The number of aromatic nitrogens is 4. The first-order valence-corrected chi connectivity index (χ1v) is 18.0. The predicted octanol–water partition coefficient (Wildman–Crippen LogP) is 12.3. The van der Waals surface area contributed by atoms with Gasteiger partial charge in [0.2, 0.25) is 11.9 Å². The van der Waals surface area contributed by atoms with E-state index in [0.717, 1.165) is 72.9 Å². The molecule has 7 aromatic carbocycles.